The standard InChI is InChI=1S/C14H10ClF3N2O2/c1-2-8-12(14(21)22)20-9(5-19-8)10-6(13(17)18)3-4-7(15)11(10)16/h3-5,13H,2H2,1H3,(H,21,22). The summed E-state index contributed by atoms with van der Waals surface area (Å²) in [7, 11) is 0. The molecule has 1 heterocycles. The molecule has 0 aliphatic heterocycles. The van der Waals surface area contributed by atoms with Gasteiger partial charge in [-0.15, -0.1) is 0 Å². The molecule has 0 spiro atoms. The van der Waals surface area contributed by atoms with Crippen LogP contribution in [0.4, 0.5) is 13.2 Å². The quantitative estimate of drug-likeness (QED) is 0.915. The normalized spacial score (nSPS) is 11.0. The van der Waals surface area contributed by atoms with Gasteiger partial charge in [0, 0.05) is 11.1 Å². The van der Waals surface area contributed by atoms with Gasteiger partial charge in [-0.25, -0.2) is 22.9 Å². The number of rotatable bonds is 4. The minimum Gasteiger partial charge on any atom is -0.476 e. The Morgan fingerprint density at radius 2 is 2.09 bits per heavy atom. The number of carboxylic acids is 1. The van der Waals surface area contributed by atoms with Crippen LogP contribution in [0.2, 0.25) is 5.02 Å². The molecule has 1 N–H and O–H groups in total. The number of alkyl halides is 2. The lowest BCUT2D eigenvalue weighted by atomic mass is 10.0. The zero-order valence-electron chi connectivity index (χ0n) is 11.3. The summed E-state index contributed by atoms with van der Waals surface area (Å²) in [5.74, 6) is -2.46. The number of aromatic carboxylic acids is 1. The molecular formula is C14H10ClF3N2O2. The second-order valence-electron chi connectivity index (χ2n) is 4.34. The first-order chi connectivity index (χ1) is 10.4. The number of halogens is 4. The largest absolute Gasteiger partial charge is 0.476 e. The summed E-state index contributed by atoms with van der Waals surface area (Å²) in [5.41, 5.74) is -1.70. The highest BCUT2D eigenvalue weighted by Gasteiger charge is 2.23. The van der Waals surface area contributed by atoms with E-state index in [0.717, 1.165) is 18.3 Å². The van der Waals surface area contributed by atoms with Gasteiger partial charge in [0.15, 0.2) is 11.5 Å². The summed E-state index contributed by atoms with van der Waals surface area (Å²) < 4.78 is 40.3. The van der Waals surface area contributed by atoms with Crippen molar-refractivity contribution in [3.05, 3.63) is 46.1 Å². The van der Waals surface area contributed by atoms with E-state index in [2.05, 4.69) is 9.97 Å². The number of aromatic nitrogens is 2. The lowest BCUT2D eigenvalue weighted by Crippen LogP contribution is -2.09. The highest BCUT2D eigenvalue weighted by molar-refractivity contribution is 6.31. The number of aryl methyl sites for hydroxylation is 1. The zero-order chi connectivity index (χ0) is 16.4. The van der Waals surface area contributed by atoms with Crippen LogP contribution in [0.1, 0.15) is 35.1 Å². The van der Waals surface area contributed by atoms with Gasteiger partial charge in [0.05, 0.1) is 22.6 Å². The first kappa shape index (κ1) is 16.2. The first-order valence-electron chi connectivity index (χ1n) is 6.22. The van der Waals surface area contributed by atoms with E-state index < -0.39 is 35.0 Å². The van der Waals surface area contributed by atoms with Crippen LogP contribution in [-0.4, -0.2) is 21.0 Å². The SMILES string of the molecule is CCc1ncc(-c2c(C(F)F)ccc(Cl)c2F)nc1C(=O)O. The van der Waals surface area contributed by atoms with Gasteiger partial charge < -0.3 is 5.11 Å². The molecule has 0 saturated carbocycles. The molecule has 0 unspecified atom stereocenters. The highest BCUT2D eigenvalue weighted by atomic mass is 35.5. The lowest BCUT2D eigenvalue weighted by Gasteiger charge is -2.12. The Hall–Kier alpha value is -2.15. The summed E-state index contributed by atoms with van der Waals surface area (Å²) in [6, 6.07) is 1.98. The minimum absolute atomic E-state index is 0.178. The van der Waals surface area contributed by atoms with Crippen molar-refractivity contribution >= 4 is 17.6 Å². The summed E-state index contributed by atoms with van der Waals surface area (Å²) in [6.45, 7) is 1.67. The second-order valence-corrected chi connectivity index (χ2v) is 4.74. The van der Waals surface area contributed by atoms with Gasteiger partial charge in [-0.2, -0.15) is 0 Å². The third-order valence-electron chi connectivity index (χ3n) is 3.00. The van der Waals surface area contributed by atoms with Crippen LogP contribution in [0.15, 0.2) is 18.3 Å². The summed E-state index contributed by atoms with van der Waals surface area (Å²) in [6.07, 6.45) is -1.62. The smallest absolute Gasteiger partial charge is 0.356 e. The van der Waals surface area contributed by atoms with Crippen LogP contribution in [-0.2, 0) is 6.42 Å². The maximum absolute atomic E-state index is 14.1. The van der Waals surface area contributed by atoms with Crippen molar-refractivity contribution in [2.24, 2.45) is 0 Å². The third-order valence-corrected chi connectivity index (χ3v) is 3.30. The highest BCUT2D eigenvalue weighted by Crippen LogP contribution is 2.35. The van der Waals surface area contributed by atoms with Crippen molar-refractivity contribution in [3.63, 3.8) is 0 Å². The lowest BCUT2D eigenvalue weighted by molar-refractivity contribution is 0.0688. The van der Waals surface area contributed by atoms with Gasteiger partial charge >= 0.3 is 5.97 Å². The number of benzene rings is 1. The van der Waals surface area contributed by atoms with Crippen molar-refractivity contribution in [1.82, 2.24) is 9.97 Å². The van der Waals surface area contributed by atoms with Crippen molar-refractivity contribution in [1.29, 1.82) is 0 Å². The molecule has 2 rings (SSSR count). The molecule has 0 bridgehead atoms. The molecule has 0 saturated heterocycles. The molecule has 2 aromatic rings. The van der Waals surface area contributed by atoms with Crippen molar-refractivity contribution < 1.29 is 23.1 Å². The fourth-order valence-corrected chi connectivity index (χ4v) is 2.13. The van der Waals surface area contributed by atoms with E-state index in [1.807, 2.05) is 0 Å². The molecule has 4 nitrogen and oxygen atoms in total. The molecule has 0 atom stereocenters. The van der Waals surface area contributed by atoms with E-state index in [9.17, 15) is 18.0 Å². The van der Waals surface area contributed by atoms with Crippen LogP contribution in [0.3, 0.4) is 0 Å². The third kappa shape index (κ3) is 2.89. The van der Waals surface area contributed by atoms with Crippen LogP contribution in [0, 0.1) is 5.82 Å². The number of hydrogen-bond donors (Lipinski definition) is 1. The Morgan fingerprint density at radius 1 is 1.41 bits per heavy atom. The van der Waals surface area contributed by atoms with Crippen LogP contribution in [0.5, 0.6) is 0 Å². The number of carbonyl (C=O) groups is 1. The summed E-state index contributed by atoms with van der Waals surface area (Å²) >= 11 is 5.62. The zero-order valence-corrected chi connectivity index (χ0v) is 12.0. The van der Waals surface area contributed by atoms with Gasteiger partial charge in [0.25, 0.3) is 6.43 Å². The average Bonchev–Trinajstić information content (AvgIpc) is 2.48. The van der Waals surface area contributed by atoms with Crippen LogP contribution >= 0.6 is 11.6 Å². The molecule has 0 fully saturated rings. The molecular weight excluding hydrogens is 321 g/mol. The molecule has 22 heavy (non-hydrogen) atoms. The molecule has 1 aromatic carbocycles. The molecule has 0 radical (unpaired) electrons. The number of nitrogens with zero attached hydrogens (tertiary/aromatic N) is 2. The van der Waals surface area contributed by atoms with E-state index in [-0.39, 0.29) is 22.8 Å². The Labute approximate surface area is 128 Å². The molecule has 0 aliphatic carbocycles. The van der Waals surface area contributed by atoms with Crippen molar-refractivity contribution in [3.8, 4) is 11.3 Å². The Balaban J connectivity index is 2.74. The Bertz CT molecular complexity index is 738. The maximum Gasteiger partial charge on any atom is 0.356 e. The number of carboxylic acid groups (broad SMARTS) is 1. The predicted octanol–water partition coefficient (Wildman–Crippen LogP) is 4.13. The number of hydrogen-bond acceptors (Lipinski definition) is 3. The maximum atomic E-state index is 14.1. The first-order valence-corrected chi connectivity index (χ1v) is 6.60. The fourth-order valence-electron chi connectivity index (χ4n) is 1.97. The van der Waals surface area contributed by atoms with E-state index in [4.69, 9.17) is 16.7 Å². The fraction of sp³-hybridized carbons (Fsp3) is 0.214. The monoisotopic (exact) mass is 330 g/mol. The van der Waals surface area contributed by atoms with Gasteiger partial charge in [-0.3, -0.25) is 4.98 Å². The second kappa shape index (κ2) is 6.31. The minimum atomic E-state index is -2.97. The average molecular weight is 331 g/mol. The van der Waals surface area contributed by atoms with Crippen LogP contribution in [0.25, 0.3) is 11.3 Å². The van der Waals surface area contributed by atoms with E-state index in [1.165, 1.54) is 0 Å². The van der Waals surface area contributed by atoms with Gasteiger partial charge in [-0.1, -0.05) is 24.6 Å². The topological polar surface area (TPSA) is 63.1 Å². The summed E-state index contributed by atoms with van der Waals surface area (Å²) in [4.78, 5) is 18.8. The van der Waals surface area contributed by atoms with E-state index >= 15 is 0 Å². The van der Waals surface area contributed by atoms with E-state index in [1.54, 1.807) is 6.92 Å². The molecule has 0 aliphatic rings. The van der Waals surface area contributed by atoms with Gasteiger partial charge in [0.2, 0.25) is 0 Å². The predicted molar refractivity (Wildman–Crippen MR) is 73.7 cm³/mol. The molecule has 116 valence electrons. The molecule has 8 heteroatoms. The van der Waals surface area contributed by atoms with Crippen molar-refractivity contribution in [2.45, 2.75) is 19.8 Å². The van der Waals surface area contributed by atoms with Gasteiger partial charge in [0.1, 0.15) is 0 Å². The Morgan fingerprint density at radius 3 is 2.64 bits per heavy atom. The van der Waals surface area contributed by atoms with Crippen molar-refractivity contribution in [2.75, 3.05) is 0 Å². The molecule has 0 amide bonds. The van der Waals surface area contributed by atoms with Gasteiger partial charge in [-0.05, 0) is 12.5 Å². The molecule has 1 aromatic heterocycles. The summed E-state index contributed by atoms with van der Waals surface area (Å²) in [5, 5.41) is 8.74. The Kier molecular flexibility index (Phi) is 4.65. The van der Waals surface area contributed by atoms with Crippen LogP contribution < -0.4 is 0 Å². The van der Waals surface area contributed by atoms with E-state index in [0.29, 0.717) is 0 Å².